The fraction of sp³-hybridized carbons (Fsp3) is 0.357. The molecule has 0 bridgehead atoms. The molecule has 2 heterocycles. The SMILES string of the molecule is Cc1cc2c(n1-c1ccc(F)cn1)CCCC2O. The van der Waals surface area contributed by atoms with E-state index in [2.05, 4.69) is 4.98 Å². The van der Waals surface area contributed by atoms with Crippen molar-refractivity contribution < 1.29 is 9.50 Å². The second kappa shape index (κ2) is 4.21. The van der Waals surface area contributed by atoms with E-state index in [0.717, 1.165) is 36.2 Å². The third-order valence-electron chi connectivity index (χ3n) is 3.51. The molecule has 0 spiro atoms. The van der Waals surface area contributed by atoms with Crippen molar-refractivity contribution in [3.8, 4) is 5.82 Å². The van der Waals surface area contributed by atoms with E-state index in [1.807, 2.05) is 17.6 Å². The van der Waals surface area contributed by atoms with Crippen LogP contribution in [0, 0.1) is 12.7 Å². The van der Waals surface area contributed by atoms with Crippen molar-refractivity contribution in [1.29, 1.82) is 0 Å². The van der Waals surface area contributed by atoms with Crippen LogP contribution >= 0.6 is 0 Å². The summed E-state index contributed by atoms with van der Waals surface area (Å²) < 4.78 is 14.9. The van der Waals surface area contributed by atoms with E-state index in [4.69, 9.17) is 0 Å². The minimum atomic E-state index is -0.380. The molecule has 94 valence electrons. The lowest BCUT2D eigenvalue weighted by atomic mass is 9.95. The summed E-state index contributed by atoms with van der Waals surface area (Å²) in [5.74, 6) is 0.377. The van der Waals surface area contributed by atoms with E-state index >= 15 is 0 Å². The minimum Gasteiger partial charge on any atom is -0.388 e. The number of hydrogen-bond donors (Lipinski definition) is 1. The highest BCUT2D eigenvalue weighted by Crippen LogP contribution is 2.33. The van der Waals surface area contributed by atoms with Gasteiger partial charge in [-0.1, -0.05) is 0 Å². The van der Waals surface area contributed by atoms with E-state index in [1.54, 1.807) is 6.07 Å². The third-order valence-corrected chi connectivity index (χ3v) is 3.51. The van der Waals surface area contributed by atoms with Gasteiger partial charge in [-0.15, -0.1) is 0 Å². The first-order valence-corrected chi connectivity index (χ1v) is 6.18. The molecule has 18 heavy (non-hydrogen) atoms. The molecule has 2 aromatic rings. The number of pyridine rings is 1. The molecule has 0 fully saturated rings. The van der Waals surface area contributed by atoms with Crippen LogP contribution in [-0.4, -0.2) is 14.7 Å². The van der Waals surface area contributed by atoms with E-state index in [0.29, 0.717) is 5.82 Å². The second-order valence-electron chi connectivity index (χ2n) is 4.77. The van der Waals surface area contributed by atoms with Crippen LogP contribution in [0.25, 0.3) is 5.82 Å². The van der Waals surface area contributed by atoms with E-state index in [-0.39, 0.29) is 11.9 Å². The van der Waals surface area contributed by atoms with Crippen molar-refractivity contribution in [2.75, 3.05) is 0 Å². The number of rotatable bonds is 1. The molecule has 3 nitrogen and oxygen atoms in total. The van der Waals surface area contributed by atoms with Gasteiger partial charge in [-0.2, -0.15) is 0 Å². The van der Waals surface area contributed by atoms with Crippen LogP contribution in [0.5, 0.6) is 0 Å². The van der Waals surface area contributed by atoms with Crippen LogP contribution in [0.2, 0.25) is 0 Å². The van der Waals surface area contributed by atoms with Crippen molar-refractivity contribution in [3.63, 3.8) is 0 Å². The maximum absolute atomic E-state index is 12.9. The third kappa shape index (κ3) is 1.73. The van der Waals surface area contributed by atoms with Gasteiger partial charge in [0.2, 0.25) is 0 Å². The molecule has 0 amide bonds. The zero-order valence-corrected chi connectivity index (χ0v) is 10.2. The highest BCUT2D eigenvalue weighted by atomic mass is 19.1. The number of aliphatic hydroxyl groups excluding tert-OH is 1. The fourth-order valence-electron chi connectivity index (χ4n) is 2.70. The summed E-state index contributed by atoms with van der Waals surface area (Å²) in [6.45, 7) is 1.98. The number of nitrogens with zero attached hydrogens (tertiary/aromatic N) is 2. The average Bonchev–Trinajstić information content (AvgIpc) is 2.69. The number of aryl methyl sites for hydroxylation is 1. The number of fused-ring (bicyclic) bond motifs is 1. The Morgan fingerprint density at radius 1 is 1.44 bits per heavy atom. The van der Waals surface area contributed by atoms with Crippen molar-refractivity contribution in [1.82, 2.24) is 9.55 Å². The van der Waals surface area contributed by atoms with Crippen LogP contribution in [0.1, 0.15) is 35.9 Å². The van der Waals surface area contributed by atoms with Crippen LogP contribution in [0.4, 0.5) is 4.39 Å². The van der Waals surface area contributed by atoms with Crippen LogP contribution in [0.3, 0.4) is 0 Å². The highest BCUT2D eigenvalue weighted by molar-refractivity contribution is 5.39. The number of hydrogen-bond acceptors (Lipinski definition) is 2. The fourth-order valence-corrected chi connectivity index (χ4v) is 2.70. The summed E-state index contributed by atoms with van der Waals surface area (Å²) in [6.07, 6.45) is 3.56. The zero-order chi connectivity index (χ0) is 12.7. The predicted molar refractivity (Wildman–Crippen MR) is 66.2 cm³/mol. The van der Waals surface area contributed by atoms with Crippen molar-refractivity contribution in [3.05, 3.63) is 47.2 Å². The van der Waals surface area contributed by atoms with Gasteiger partial charge in [0.05, 0.1) is 12.3 Å². The van der Waals surface area contributed by atoms with Crippen LogP contribution < -0.4 is 0 Å². The van der Waals surface area contributed by atoms with Gasteiger partial charge >= 0.3 is 0 Å². The summed E-state index contributed by atoms with van der Waals surface area (Å²) in [7, 11) is 0. The molecule has 2 aromatic heterocycles. The molecular weight excluding hydrogens is 231 g/mol. The smallest absolute Gasteiger partial charge is 0.141 e. The van der Waals surface area contributed by atoms with Gasteiger partial charge in [0.15, 0.2) is 0 Å². The summed E-state index contributed by atoms with van der Waals surface area (Å²) in [4.78, 5) is 4.12. The number of aliphatic hydroxyl groups is 1. The van der Waals surface area contributed by atoms with Gasteiger partial charge < -0.3 is 9.67 Å². The molecular formula is C14H15FN2O. The molecule has 0 saturated carbocycles. The Hall–Kier alpha value is -1.68. The van der Waals surface area contributed by atoms with Gasteiger partial charge in [0.1, 0.15) is 11.6 Å². The van der Waals surface area contributed by atoms with Gasteiger partial charge in [-0.3, -0.25) is 0 Å². The normalized spacial score (nSPS) is 18.7. The Morgan fingerprint density at radius 2 is 2.28 bits per heavy atom. The first-order chi connectivity index (χ1) is 8.66. The van der Waals surface area contributed by atoms with Crippen LogP contribution in [-0.2, 0) is 6.42 Å². The maximum atomic E-state index is 12.9. The van der Waals surface area contributed by atoms with Gasteiger partial charge in [0, 0.05) is 17.0 Å². The zero-order valence-electron chi connectivity index (χ0n) is 10.2. The quantitative estimate of drug-likeness (QED) is 0.840. The first-order valence-electron chi connectivity index (χ1n) is 6.18. The molecule has 4 heteroatoms. The van der Waals surface area contributed by atoms with E-state index in [9.17, 15) is 9.50 Å². The Kier molecular flexibility index (Phi) is 2.67. The van der Waals surface area contributed by atoms with Crippen molar-refractivity contribution in [2.45, 2.75) is 32.3 Å². The summed E-state index contributed by atoms with van der Waals surface area (Å²) in [5, 5.41) is 10.00. The Bertz CT molecular complexity index is 574. The summed E-state index contributed by atoms with van der Waals surface area (Å²) in [5.41, 5.74) is 3.12. The summed E-state index contributed by atoms with van der Waals surface area (Å²) in [6, 6.07) is 5.08. The molecule has 1 aliphatic rings. The molecule has 0 radical (unpaired) electrons. The van der Waals surface area contributed by atoms with Gasteiger partial charge in [0.25, 0.3) is 0 Å². The van der Waals surface area contributed by atoms with Crippen molar-refractivity contribution in [2.24, 2.45) is 0 Å². The second-order valence-corrected chi connectivity index (χ2v) is 4.77. The molecule has 0 aliphatic heterocycles. The highest BCUT2D eigenvalue weighted by Gasteiger charge is 2.23. The molecule has 1 aliphatic carbocycles. The Morgan fingerprint density at radius 3 is 3.00 bits per heavy atom. The van der Waals surface area contributed by atoms with E-state index in [1.165, 1.54) is 12.3 Å². The monoisotopic (exact) mass is 246 g/mol. The Labute approximate surface area is 105 Å². The molecule has 0 aromatic carbocycles. The van der Waals surface area contributed by atoms with Gasteiger partial charge in [-0.25, -0.2) is 9.37 Å². The average molecular weight is 246 g/mol. The Balaban J connectivity index is 2.15. The largest absolute Gasteiger partial charge is 0.388 e. The van der Waals surface area contributed by atoms with Crippen LogP contribution in [0.15, 0.2) is 24.4 Å². The predicted octanol–water partition coefficient (Wildman–Crippen LogP) is 2.69. The number of aromatic nitrogens is 2. The summed E-state index contributed by atoms with van der Waals surface area (Å²) >= 11 is 0. The molecule has 1 N–H and O–H groups in total. The van der Waals surface area contributed by atoms with E-state index < -0.39 is 0 Å². The first kappa shape index (κ1) is 11.4. The lowest BCUT2D eigenvalue weighted by Gasteiger charge is -2.20. The van der Waals surface area contributed by atoms with Crippen molar-refractivity contribution >= 4 is 0 Å². The topological polar surface area (TPSA) is 38.0 Å². The molecule has 3 rings (SSSR count). The maximum Gasteiger partial charge on any atom is 0.141 e. The molecule has 1 unspecified atom stereocenters. The number of halogens is 1. The molecule has 1 atom stereocenters. The van der Waals surface area contributed by atoms with Gasteiger partial charge in [-0.05, 0) is 44.4 Å². The minimum absolute atomic E-state index is 0.336. The molecule has 0 saturated heterocycles. The standard InChI is InChI=1S/C14H15FN2O/c1-9-7-11-12(3-2-4-13(11)18)17(9)14-6-5-10(15)8-16-14/h5-8,13,18H,2-4H2,1H3. The lowest BCUT2D eigenvalue weighted by Crippen LogP contribution is -2.12. The lowest BCUT2D eigenvalue weighted by molar-refractivity contribution is 0.156.